The maximum atomic E-state index is 5.55. The van der Waals surface area contributed by atoms with Crippen molar-refractivity contribution >= 4 is 11.3 Å². The van der Waals surface area contributed by atoms with Crippen LogP contribution in [0.25, 0.3) is 0 Å². The van der Waals surface area contributed by atoms with E-state index in [-0.39, 0.29) is 0 Å². The molecule has 0 amide bonds. The lowest BCUT2D eigenvalue weighted by Gasteiger charge is -2.20. The molecule has 1 heterocycles. The van der Waals surface area contributed by atoms with E-state index in [2.05, 4.69) is 37.6 Å². The van der Waals surface area contributed by atoms with E-state index in [1.165, 1.54) is 10.4 Å². The highest BCUT2D eigenvalue weighted by atomic mass is 32.1. The molecule has 13 heavy (non-hydrogen) atoms. The monoisotopic (exact) mass is 198 g/mol. The van der Waals surface area contributed by atoms with E-state index in [4.69, 9.17) is 5.84 Å². The molecule has 2 unspecified atom stereocenters. The van der Waals surface area contributed by atoms with Crippen LogP contribution in [0.1, 0.15) is 36.8 Å². The molecular weight excluding hydrogens is 180 g/mol. The summed E-state index contributed by atoms with van der Waals surface area (Å²) in [4.78, 5) is 1.35. The van der Waals surface area contributed by atoms with Crippen molar-refractivity contribution in [2.75, 3.05) is 0 Å². The second kappa shape index (κ2) is 4.74. The molecular formula is C10H18N2S. The van der Waals surface area contributed by atoms with E-state index >= 15 is 0 Å². The molecule has 0 aliphatic heterocycles. The van der Waals surface area contributed by atoms with Crippen molar-refractivity contribution in [2.45, 2.75) is 33.2 Å². The molecule has 1 rings (SSSR count). The number of aryl methyl sites for hydroxylation is 1. The molecule has 0 aliphatic carbocycles. The topological polar surface area (TPSA) is 38.0 Å². The minimum Gasteiger partial charge on any atom is -0.271 e. The minimum atomic E-state index is 0.301. The standard InChI is InChI=1S/C10H18N2S/c1-4-7(2)10(12-11)9-5-8(3)13-6-9/h5-7,10,12H,4,11H2,1-3H3. The van der Waals surface area contributed by atoms with Crippen molar-refractivity contribution in [3.8, 4) is 0 Å². The number of nitrogens with two attached hydrogens (primary N) is 1. The van der Waals surface area contributed by atoms with Gasteiger partial charge in [0.2, 0.25) is 0 Å². The maximum Gasteiger partial charge on any atom is 0.0493 e. The summed E-state index contributed by atoms with van der Waals surface area (Å²) in [6, 6.07) is 2.51. The maximum absolute atomic E-state index is 5.55. The van der Waals surface area contributed by atoms with Gasteiger partial charge in [-0.2, -0.15) is 0 Å². The van der Waals surface area contributed by atoms with Crippen LogP contribution in [0.5, 0.6) is 0 Å². The lowest BCUT2D eigenvalue weighted by atomic mass is 9.95. The first-order chi connectivity index (χ1) is 6.19. The molecule has 1 aromatic rings. The molecule has 0 bridgehead atoms. The van der Waals surface area contributed by atoms with Gasteiger partial charge in [0.25, 0.3) is 0 Å². The van der Waals surface area contributed by atoms with Crippen LogP contribution >= 0.6 is 11.3 Å². The van der Waals surface area contributed by atoms with Gasteiger partial charge >= 0.3 is 0 Å². The van der Waals surface area contributed by atoms with E-state index < -0.39 is 0 Å². The number of thiophene rings is 1. The molecule has 2 atom stereocenters. The van der Waals surface area contributed by atoms with Crippen molar-refractivity contribution in [3.63, 3.8) is 0 Å². The SMILES string of the molecule is CCC(C)C(NN)c1csc(C)c1. The molecule has 3 N–H and O–H groups in total. The second-order valence-electron chi connectivity index (χ2n) is 3.52. The molecule has 3 heteroatoms. The average Bonchev–Trinajstić information content (AvgIpc) is 2.53. The average molecular weight is 198 g/mol. The second-order valence-corrected chi connectivity index (χ2v) is 4.64. The lowest BCUT2D eigenvalue weighted by Crippen LogP contribution is -2.32. The Hall–Kier alpha value is -0.380. The molecule has 0 aliphatic rings. The Bertz CT molecular complexity index is 257. The fourth-order valence-electron chi connectivity index (χ4n) is 1.45. The first-order valence-corrected chi connectivity index (χ1v) is 5.58. The number of hydrogen-bond acceptors (Lipinski definition) is 3. The largest absolute Gasteiger partial charge is 0.271 e. The first-order valence-electron chi connectivity index (χ1n) is 4.70. The van der Waals surface area contributed by atoms with Gasteiger partial charge in [0, 0.05) is 10.9 Å². The molecule has 74 valence electrons. The Morgan fingerprint density at radius 3 is 2.69 bits per heavy atom. The van der Waals surface area contributed by atoms with Crippen LogP contribution in [-0.2, 0) is 0 Å². The highest BCUT2D eigenvalue weighted by Crippen LogP contribution is 2.27. The third-order valence-electron chi connectivity index (χ3n) is 2.50. The number of nitrogens with one attached hydrogen (secondary N) is 1. The van der Waals surface area contributed by atoms with Crippen LogP contribution in [0.2, 0.25) is 0 Å². The highest BCUT2D eigenvalue weighted by molar-refractivity contribution is 7.10. The van der Waals surface area contributed by atoms with E-state index in [1.54, 1.807) is 11.3 Å². The first kappa shape index (κ1) is 10.7. The Labute approximate surface area is 84.1 Å². The van der Waals surface area contributed by atoms with Gasteiger partial charge in [-0.05, 0) is 29.9 Å². The van der Waals surface area contributed by atoms with Gasteiger partial charge in [0.1, 0.15) is 0 Å². The van der Waals surface area contributed by atoms with Gasteiger partial charge in [-0.25, -0.2) is 0 Å². The van der Waals surface area contributed by atoms with E-state index in [0.29, 0.717) is 12.0 Å². The molecule has 0 spiro atoms. The summed E-state index contributed by atoms with van der Waals surface area (Å²) in [6.45, 7) is 6.53. The zero-order chi connectivity index (χ0) is 9.84. The number of rotatable bonds is 4. The smallest absolute Gasteiger partial charge is 0.0493 e. The molecule has 2 nitrogen and oxygen atoms in total. The zero-order valence-corrected chi connectivity index (χ0v) is 9.32. The molecule has 0 saturated carbocycles. The van der Waals surface area contributed by atoms with Crippen LogP contribution in [0, 0.1) is 12.8 Å². The predicted octanol–water partition coefficient (Wildman–Crippen LogP) is 2.61. The summed E-state index contributed by atoms with van der Waals surface area (Å²) in [7, 11) is 0. The Kier molecular flexibility index (Phi) is 3.90. The molecule has 0 saturated heterocycles. The van der Waals surface area contributed by atoms with Gasteiger partial charge in [-0.15, -0.1) is 11.3 Å². The Morgan fingerprint density at radius 2 is 2.31 bits per heavy atom. The lowest BCUT2D eigenvalue weighted by molar-refractivity contribution is 0.383. The van der Waals surface area contributed by atoms with Gasteiger partial charge in [0.05, 0.1) is 0 Å². The normalized spacial score (nSPS) is 15.7. The van der Waals surface area contributed by atoms with Gasteiger partial charge in [-0.1, -0.05) is 20.3 Å². The molecule has 0 aromatic carbocycles. The van der Waals surface area contributed by atoms with Crippen molar-refractivity contribution in [1.29, 1.82) is 0 Å². The highest BCUT2D eigenvalue weighted by Gasteiger charge is 2.16. The van der Waals surface area contributed by atoms with Crippen LogP contribution < -0.4 is 11.3 Å². The third kappa shape index (κ3) is 2.53. The zero-order valence-electron chi connectivity index (χ0n) is 8.50. The van der Waals surface area contributed by atoms with Crippen molar-refractivity contribution in [3.05, 3.63) is 21.9 Å². The van der Waals surface area contributed by atoms with Gasteiger partial charge in [0.15, 0.2) is 0 Å². The van der Waals surface area contributed by atoms with E-state index in [0.717, 1.165) is 6.42 Å². The Balaban J connectivity index is 2.77. The van der Waals surface area contributed by atoms with Crippen molar-refractivity contribution in [1.82, 2.24) is 5.43 Å². The van der Waals surface area contributed by atoms with Crippen LogP contribution in [0.4, 0.5) is 0 Å². The minimum absolute atomic E-state index is 0.301. The molecule has 1 aromatic heterocycles. The molecule has 0 fully saturated rings. The summed E-state index contributed by atoms with van der Waals surface area (Å²) in [6.07, 6.45) is 1.14. The Morgan fingerprint density at radius 1 is 1.62 bits per heavy atom. The number of hydrazine groups is 1. The van der Waals surface area contributed by atoms with Gasteiger partial charge < -0.3 is 0 Å². The van der Waals surface area contributed by atoms with E-state index in [9.17, 15) is 0 Å². The van der Waals surface area contributed by atoms with Gasteiger partial charge in [-0.3, -0.25) is 11.3 Å². The van der Waals surface area contributed by atoms with E-state index in [1.807, 2.05) is 0 Å². The van der Waals surface area contributed by atoms with Crippen molar-refractivity contribution < 1.29 is 0 Å². The number of hydrogen-bond donors (Lipinski definition) is 2. The summed E-state index contributed by atoms with van der Waals surface area (Å²) in [5.74, 6) is 6.13. The van der Waals surface area contributed by atoms with Crippen LogP contribution in [0.3, 0.4) is 0 Å². The quantitative estimate of drug-likeness (QED) is 0.576. The fourth-order valence-corrected chi connectivity index (χ4v) is 2.19. The summed E-state index contributed by atoms with van der Waals surface area (Å²) >= 11 is 1.78. The van der Waals surface area contributed by atoms with Crippen LogP contribution in [-0.4, -0.2) is 0 Å². The predicted molar refractivity (Wildman–Crippen MR) is 58.6 cm³/mol. The van der Waals surface area contributed by atoms with Crippen molar-refractivity contribution in [2.24, 2.45) is 11.8 Å². The summed E-state index contributed by atoms with van der Waals surface area (Å²) < 4.78 is 0. The third-order valence-corrected chi connectivity index (χ3v) is 3.38. The fraction of sp³-hybridized carbons (Fsp3) is 0.600. The summed E-state index contributed by atoms with van der Waals surface area (Å²) in [5, 5.41) is 2.19. The summed E-state index contributed by atoms with van der Waals surface area (Å²) in [5.41, 5.74) is 4.21. The molecule has 0 radical (unpaired) electrons. The van der Waals surface area contributed by atoms with Crippen LogP contribution in [0.15, 0.2) is 11.4 Å².